The van der Waals surface area contributed by atoms with E-state index < -0.39 is 0 Å². The fraction of sp³-hybridized carbons (Fsp3) is 1.00. The average Bonchev–Trinajstić information content (AvgIpc) is 2.77. The third-order valence-corrected chi connectivity index (χ3v) is 3.88. The standard InChI is InChI=1S/C11H21N/c1-9(10-5-2-3-6-10)11-7-4-8-12-11/h9-12H,2-8H2,1H3. The van der Waals surface area contributed by atoms with Gasteiger partial charge in [-0.25, -0.2) is 0 Å². The van der Waals surface area contributed by atoms with Gasteiger partial charge in [0, 0.05) is 6.04 Å². The SMILES string of the molecule is CC(C1CCCC1)C1CCCN1. The van der Waals surface area contributed by atoms with Crippen LogP contribution in [0.1, 0.15) is 45.4 Å². The Morgan fingerprint density at radius 2 is 1.83 bits per heavy atom. The van der Waals surface area contributed by atoms with Crippen LogP contribution in [0.4, 0.5) is 0 Å². The summed E-state index contributed by atoms with van der Waals surface area (Å²) in [6, 6.07) is 0.855. The molecule has 0 amide bonds. The summed E-state index contributed by atoms with van der Waals surface area (Å²) >= 11 is 0. The fourth-order valence-corrected chi connectivity index (χ4v) is 2.97. The van der Waals surface area contributed by atoms with Crippen molar-refractivity contribution >= 4 is 0 Å². The van der Waals surface area contributed by atoms with E-state index in [4.69, 9.17) is 0 Å². The summed E-state index contributed by atoms with van der Waals surface area (Å²) in [7, 11) is 0. The van der Waals surface area contributed by atoms with E-state index >= 15 is 0 Å². The van der Waals surface area contributed by atoms with Crippen molar-refractivity contribution in [2.24, 2.45) is 11.8 Å². The molecule has 2 rings (SSSR count). The molecule has 1 heteroatoms. The van der Waals surface area contributed by atoms with Crippen molar-refractivity contribution < 1.29 is 0 Å². The molecule has 0 aromatic heterocycles. The second-order valence-corrected chi connectivity index (χ2v) is 4.61. The molecule has 1 aliphatic heterocycles. The number of nitrogens with one attached hydrogen (secondary N) is 1. The molecule has 1 N–H and O–H groups in total. The molecule has 1 aliphatic carbocycles. The first-order valence-electron chi connectivity index (χ1n) is 5.61. The Bertz CT molecular complexity index is 116. The summed E-state index contributed by atoms with van der Waals surface area (Å²) in [5.74, 6) is 1.98. The topological polar surface area (TPSA) is 12.0 Å². The van der Waals surface area contributed by atoms with E-state index in [2.05, 4.69) is 12.2 Å². The highest BCUT2D eigenvalue weighted by Crippen LogP contribution is 2.34. The van der Waals surface area contributed by atoms with E-state index in [1.54, 1.807) is 0 Å². The Morgan fingerprint density at radius 3 is 2.42 bits per heavy atom. The van der Waals surface area contributed by atoms with Crippen LogP contribution in [0.5, 0.6) is 0 Å². The number of hydrogen-bond acceptors (Lipinski definition) is 1. The molecular weight excluding hydrogens is 146 g/mol. The van der Waals surface area contributed by atoms with Gasteiger partial charge in [-0.2, -0.15) is 0 Å². The quantitative estimate of drug-likeness (QED) is 0.666. The minimum absolute atomic E-state index is 0.855. The van der Waals surface area contributed by atoms with Gasteiger partial charge in [-0.05, 0) is 31.2 Å². The lowest BCUT2D eigenvalue weighted by molar-refractivity contribution is 0.291. The lowest BCUT2D eigenvalue weighted by Gasteiger charge is -2.25. The second-order valence-electron chi connectivity index (χ2n) is 4.61. The molecule has 1 saturated carbocycles. The summed E-state index contributed by atoms with van der Waals surface area (Å²) in [5, 5.41) is 3.63. The molecule has 70 valence electrons. The Kier molecular flexibility index (Phi) is 2.69. The largest absolute Gasteiger partial charge is 0.314 e. The average molecular weight is 167 g/mol. The highest BCUT2D eigenvalue weighted by Gasteiger charge is 2.29. The van der Waals surface area contributed by atoms with E-state index in [9.17, 15) is 0 Å². The van der Waals surface area contributed by atoms with Crippen molar-refractivity contribution in [3.05, 3.63) is 0 Å². The maximum atomic E-state index is 3.63. The van der Waals surface area contributed by atoms with Crippen LogP contribution in [-0.2, 0) is 0 Å². The van der Waals surface area contributed by atoms with Crippen LogP contribution in [0, 0.1) is 11.8 Å². The number of hydrogen-bond donors (Lipinski definition) is 1. The lowest BCUT2D eigenvalue weighted by atomic mass is 9.86. The third-order valence-electron chi connectivity index (χ3n) is 3.88. The van der Waals surface area contributed by atoms with Gasteiger partial charge in [0.15, 0.2) is 0 Å². The predicted octanol–water partition coefficient (Wildman–Crippen LogP) is 2.56. The second kappa shape index (κ2) is 3.78. The highest BCUT2D eigenvalue weighted by molar-refractivity contribution is 4.85. The molecule has 0 aromatic carbocycles. The minimum atomic E-state index is 0.855. The summed E-state index contributed by atoms with van der Waals surface area (Å²) in [6.45, 7) is 3.72. The van der Waals surface area contributed by atoms with E-state index in [0.717, 1.165) is 17.9 Å². The van der Waals surface area contributed by atoms with Gasteiger partial charge in [0.1, 0.15) is 0 Å². The molecule has 12 heavy (non-hydrogen) atoms. The molecule has 2 atom stereocenters. The van der Waals surface area contributed by atoms with Crippen molar-refractivity contribution in [1.29, 1.82) is 0 Å². The molecular formula is C11H21N. The Labute approximate surface area is 75.9 Å². The van der Waals surface area contributed by atoms with Gasteiger partial charge in [0.25, 0.3) is 0 Å². The van der Waals surface area contributed by atoms with Crippen LogP contribution in [0.15, 0.2) is 0 Å². The molecule has 2 aliphatic rings. The molecule has 1 heterocycles. The van der Waals surface area contributed by atoms with Gasteiger partial charge >= 0.3 is 0 Å². The fourth-order valence-electron chi connectivity index (χ4n) is 2.97. The van der Waals surface area contributed by atoms with Crippen molar-refractivity contribution in [2.75, 3.05) is 6.54 Å². The highest BCUT2D eigenvalue weighted by atomic mass is 14.9. The maximum absolute atomic E-state index is 3.63. The molecule has 0 radical (unpaired) electrons. The molecule has 1 nitrogen and oxygen atoms in total. The summed E-state index contributed by atoms with van der Waals surface area (Å²) in [6.07, 6.45) is 8.81. The van der Waals surface area contributed by atoms with Gasteiger partial charge in [0.05, 0.1) is 0 Å². The Morgan fingerprint density at radius 1 is 1.08 bits per heavy atom. The van der Waals surface area contributed by atoms with Crippen molar-refractivity contribution in [3.8, 4) is 0 Å². The van der Waals surface area contributed by atoms with Crippen LogP contribution in [-0.4, -0.2) is 12.6 Å². The van der Waals surface area contributed by atoms with Gasteiger partial charge in [-0.1, -0.05) is 32.6 Å². The third kappa shape index (κ3) is 1.66. The molecule has 0 bridgehead atoms. The smallest absolute Gasteiger partial charge is 0.00958 e. The van der Waals surface area contributed by atoms with Gasteiger partial charge in [0.2, 0.25) is 0 Å². The van der Waals surface area contributed by atoms with Crippen LogP contribution in [0.3, 0.4) is 0 Å². The van der Waals surface area contributed by atoms with E-state index in [-0.39, 0.29) is 0 Å². The predicted molar refractivity (Wildman–Crippen MR) is 52.1 cm³/mol. The zero-order valence-corrected chi connectivity index (χ0v) is 8.18. The first-order chi connectivity index (χ1) is 5.88. The lowest BCUT2D eigenvalue weighted by Crippen LogP contribution is -2.32. The van der Waals surface area contributed by atoms with Crippen molar-refractivity contribution in [2.45, 2.75) is 51.5 Å². The van der Waals surface area contributed by atoms with Crippen molar-refractivity contribution in [1.82, 2.24) is 5.32 Å². The molecule has 2 fully saturated rings. The van der Waals surface area contributed by atoms with Crippen LogP contribution >= 0.6 is 0 Å². The van der Waals surface area contributed by atoms with Gasteiger partial charge in [-0.15, -0.1) is 0 Å². The molecule has 2 unspecified atom stereocenters. The normalized spacial score (nSPS) is 34.2. The van der Waals surface area contributed by atoms with Gasteiger partial charge < -0.3 is 5.32 Å². The summed E-state index contributed by atoms with van der Waals surface area (Å²) in [5.41, 5.74) is 0. The maximum Gasteiger partial charge on any atom is 0.00958 e. The zero-order valence-electron chi connectivity index (χ0n) is 8.18. The monoisotopic (exact) mass is 167 g/mol. The first kappa shape index (κ1) is 8.55. The van der Waals surface area contributed by atoms with E-state index in [0.29, 0.717) is 0 Å². The van der Waals surface area contributed by atoms with E-state index in [1.165, 1.54) is 45.1 Å². The summed E-state index contributed by atoms with van der Waals surface area (Å²) < 4.78 is 0. The minimum Gasteiger partial charge on any atom is -0.314 e. The van der Waals surface area contributed by atoms with Crippen LogP contribution in [0.2, 0.25) is 0 Å². The molecule has 1 saturated heterocycles. The number of rotatable bonds is 2. The molecule has 0 spiro atoms. The Hall–Kier alpha value is -0.0400. The summed E-state index contributed by atoms with van der Waals surface area (Å²) in [4.78, 5) is 0. The Balaban J connectivity index is 1.84. The van der Waals surface area contributed by atoms with Gasteiger partial charge in [-0.3, -0.25) is 0 Å². The van der Waals surface area contributed by atoms with E-state index in [1.807, 2.05) is 0 Å². The van der Waals surface area contributed by atoms with Crippen LogP contribution < -0.4 is 5.32 Å². The zero-order chi connectivity index (χ0) is 8.39. The molecule has 0 aromatic rings. The van der Waals surface area contributed by atoms with Crippen molar-refractivity contribution in [3.63, 3.8) is 0 Å². The first-order valence-corrected chi connectivity index (χ1v) is 5.61. The van der Waals surface area contributed by atoms with Crippen LogP contribution in [0.25, 0.3) is 0 Å².